The van der Waals surface area contributed by atoms with Gasteiger partial charge in [-0.1, -0.05) is 13.8 Å². The first-order valence-corrected chi connectivity index (χ1v) is 9.94. The highest BCUT2D eigenvalue weighted by atomic mass is 127. The van der Waals surface area contributed by atoms with Crippen LogP contribution >= 0.6 is 24.0 Å². The van der Waals surface area contributed by atoms with Crippen LogP contribution in [0.25, 0.3) is 0 Å². The zero-order valence-corrected chi connectivity index (χ0v) is 19.2. The minimum absolute atomic E-state index is 0. The highest BCUT2D eigenvalue weighted by Crippen LogP contribution is 2.15. The van der Waals surface area contributed by atoms with Crippen molar-refractivity contribution < 1.29 is 14.6 Å². The van der Waals surface area contributed by atoms with Gasteiger partial charge in [-0.05, 0) is 44.4 Å². The van der Waals surface area contributed by atoms with E-state index in [1.165, 1.54) is 0 Å². The molecule has 1 heterocycles. The molecule has 156 valence electrons. The molecule has 2 unspecified atom stereocenters. The van der Waals surface area contributed by atoms with Crippen molar-refractivity contribution in [1.29, 1.82) is 0 Å². The number of aliphatic imine (C=N–C) groups is 1. The summed E-state index contributed by atoms with van der Waals surface area (Å²) in [5.41, 5.74) is 0. The molecular formula is C19H40IN3O3. The van der Waals surface area contributed by atoms with E-state index in [1.807, 2.05) is 0 Å². The van der Waals surface area contributed by atoms with Crippen LogP contribution in [-0.2, 0) is 9.47 Å². The lowest BCUT2D eigenvalue weighted by atomic mass is 9.94. The molecule has 1 aliphatic heterocycles. The van der Waals surface area contributed by atoms with Crippen molar-refractivity contribution in [2.45, 2.75) is 46.5 Å². The summed E-state index contributed by atoms with van der Waals surface area (Å²) in [5, 5.41) is 15.9. The molecule has 26 heavy (non-hydrogen) atoms. The van der Waals surface area contributed by atoms with Crippen molar-refractivity contribution in [1.82, 2.24) is 10.6 Å². The van der Waals surface area contributed by atoms with E-state index in [0.717, 1.165) is 77.7 Å². The fourth-order valence-corrected chi connectivity index (χ4v) is 3.04. The minimum atomic E-state index is 0. The van der Waals surface area contributed by atoms with Gasteiger partial charge in [-0.3, -0.25) is 4.99 Å². The zero-order chi connectivity index (χ0) is 18.3. The molecule has 0 aromatic carbocycles. The molecule has 1 aliphatic rings. The van der Waals surface area contributed by atoms with Crippen LogP contribution in [0.15, 0.2) is 4.99 Å². The van der Waals surface area contributed by atoms with E-state index in [9.17, 15) is 5.11 Å². The second-order valence-corrected chi connectivity index (χ2v) is 7.31. The Morgan fingerprint density at radius 3 is 2.77 bits per heavy atom. The third-order valence-corrected chi connectivity index (χ3v) is 4.33. The molecule has 0 bridgehead atoms. The van der Waals surface area contributed by atoms with E-state index in [2.05, 4.69) is 31.4 Å². The predicted octanol–water partition coefficient (Wildman–Crippen LogP) is 2.65. The normalized spacial score (nSPS) is 18.7. The van der Waals surface area contributed by atoms with Gasteiger partial charge < -0.3 is 25.2 Å². The zero-order valence-electron chi connectivity index (χ0n) is 16.8. The lowest BCUT2D eigenvalue weighted by Crippen LogP contribution is -2.38. The van der Waals surface area contributed by atoms with Crippen molar-refractivity contribution in [3.8, 4) is 0 Å². The molecule has 1 rings (SSSR count). The second-order valence-electron chi connectivity index (χ2n) is 7.31. The lowest BCUT2D eigenvalue weighted by molar-refractivity contribution is 0.0888. The van der Waals surface area contributed by atoms with Crippen LogP contribution in [0, 0.1) is 17.8 Å². The molecule has 0 amide bonds. The number of rotatable bonds is 13. The maximum atomic E-state index is 9.22. The van der Waals surface area contributed by atoms with E-state index in [4.69, 9.17) is 14.5 Å². The van der Waals surface area contributed by atoms with Gasteiger partial charge in [0.15, 0.2) is 5.96 Å². The monoisotopic (exact) mass is 485 g/mol. The number of ether oxygens (including phenoxy) is 2. The number of guanidine groups is 1. The van der Waals surface area contributed by atoms with Crippen LogP contribution in [0.5, 0.6) is 0 Å². The average molecular weight is 485 g/mol. The molecule has 1 saturated heterocycles. The summed E-state index contributed by atoms with van der Waals surface area (Å²) in [4.78, 5) is 4.69. The summed E-state index contributed by atoms with van der Waals surface area (Å²) >= 11 is 0. The number of aliphatic hydroxyl groups is 1. The summed E-state index contributed by atoms with van der Waals surface area (Å²) in [6.45, 7) is 12.5. The third kappa shape index (κ3) is 13.1. The molecule has 0 aliphatic carbocycles. The Morgan fingerprint density at radius 2 is 2.15 bits per heavy atom. The van der Waals surface area contributed by atoms with E-state index in [1.54, 1.807) is 0 Å². The quantitative estimate of drug-likeness (QED) is 0.162. The molecule has 0 spiro atoms. The fraction of sp³-hybridized carbons (Fsp3) is 0.947. The first-order valence-electron chi connectivity index (χ1n) is 9.94. The Bertz CT molecular complexity index is 351. The summed E-state index contributed by atoms with van der Waals surface area (Å²) in [6.07, 6.45) is 4.01. The summed E-state index contributed by atoms with van der Waals surface area (Å²) in [7, 11) is 0. The molecule has 3 N–H and O–H groups in total. The van der Waals surface area contributed by atoms with Crippen LogP contribution in [0.3, 0.4) is 0 Å². The standard InChI is InChI=1S/C19H39N3O3.HI/c1-4-20-19(22-13-17(6-9-23)12-16(2)3)21-8-5-10-24-14-18-7-11-25-15-18;/h16-18,23H,4-15H2,1-3H3,(H2,20,21,22);1H. The number of hydrogen-bond acceptors (Lipinski definition) is 4. The largest absolute Gasteiger partial charge is 0.396 e. The first-order chi connectivity index (χ1) is 12.2. The molecule has 7 heteroatoms. The highest BCUT2D eigenvalue weighted by Gasteiger charge is 2.15. The van der Waals surface area contributed by atoms with Crippen molar-refractivity contribution in [2.75, 3.05) is 52.7 Å². The number of nitrogens with one attached hydrogen (secondary N) is 2. The van der Waals surface area contributed by atoms with Crippen LogP contribution < -0.4 is 10.6 Å². The van der Waals surface area contributed by atoms with Gasteiger partial charge in [0.2, 0.25) is 0 Å². The maximum absolute atomic E-state index is 9.22. The van der Waals surface area contributed by atoms with Crippen molar-refractivity contribution in [3.05, 3.63) is 0 Å². The van der Waals surface area contributed by atoms with Gasteiger partial charge in [-0.2, -0.15) is 0 Å². The van der Waals surface area contributed by atoms with Gasteiger partial charge in [0.1, 0.15) is 0 Å². The maximum Gasteiger partial charge on any atom is 0.191 e. The van der Waals surface area contributed by atoms with Gasteiger partial charge in [0.05, 0.1) is 13.2 Å². The first kappa shape index (κ1) is 25.9. The van der Waals surface area contributed by atoms with E-state index in [-0.39, 0.29) is 30.6 Å². The Balaban J connectivity index is 0.00000625. The number of hydrogen-bond donors (Lipinski definition) is 3. The van der Waals surface area contributed by atoms with Crippen LogP contribution in [0.1, 0.15) is 46.5 Å². The van der Waals surface area contributed by atoms with E-state index < -0.39 is 0 Å². The van der Waals surface area contributed by atoms with E-state index in [0.29, 0.717) is 17.8 Å². The summed E-state index contributed by atoms with van der Waals surface area (Å²) in [6, 6.07) is 0. The number of aliphatic hydroxyl groups excluding tert-OH is 1. The predicted molar refractivity (Wildman–Crippen MR) is 118 cm³/mol. The van der Waals surface area contributed by atoms with Gasteiger partial charge in [0, 0.05) is 45.4 Å². The Labute approximate surface area is 176 Å². The number of nitrogens with zero attached hydrogens (tertiary/aromatic N) is 1. The Morgan fingerprint density at radius 1 is 1.35 bits per heavy atom. The van der Waals surface area contributed by atoms with Crippen molar-refractivity contribution in [2.24, 2.45) is 22.7 Å². The second kappa shape index (κ2) is 17.0. The smallest absolute Gasteiger partial charge is 0.191 e. The van der Waals surface area contributed by atoms with Gasteiger partial charge in [-0.15, -0.1) is 24.0 Å². The minimum Gasteiger partial charge on any atom is -0.396 e. The van der Waals surface area contributed by atoms with Gasteiger partial charge >= 0.3 is 0 Å². The van der Waals surface area contributed by atoms with Crippen LogP contribution in [0.2, 0.25) is 0 Å². The lowest BCUT2D eigenvalue weighted by Gasteiger charge is -2.17. The third-order valence-electron chi connectivity index (χ3n) is 4.33. The Kier molecular flexibility index (Phi) is 16.9. The van der Waals surface area contributed by atoms with Gasteiger partial charge in [-0.25, -0.2) is 0 Å². The highest BCUT2D eigenvalue weighted by molar-refractivity contribution is 14.0. The SMILES string of the molecule is CCNC(=NCC(CCO)CC(C)C)NCCCOCC1CCOC1.I. The molecule has 0 saturated carbocycles. The molecule has 2 atom stereocenters. The molecular weight excluding hydrogens is 445 g/mol. The fourth-order valence-electron chi connectivity index (χ4n) is 3.04. The molecule has 0 aromatic heterocycles. The molecule has 1 fully saturated rings. The molecule has 0 radical (unpaired) electrons. The van der Waals surface area contributed by atoms with Crippen molar-refractivity contribution in [3.63, 3.8) is 0 Å². The summed E-state index contributed by atoms with van der Waals surface area (Å²) in [5.74, 6) is 2.51. The molecule has 0 aromatic rings. The van der Waals surface area contributed by atoms with E-state index >= 15 is 0 Å². The van der Waals surface area contributed by atoms with Crippen LogP contribution in [0.4, 0.5) is 0 Å². The summed E-state index contributed by atoms with van der Waals surface area (Å²) < 4.78 is 11.1. The topological polar surface area (TPSA) is 75.1 Å². The van der Waals surface area contributed by atoms with Crippen LogP contribution in [-0.4, -0.2) is 63.7 Å². The average Bonchev–Trinajstić information content (AvgIpc) is 3.08. The molecule has 6 nitrogen and oxygen atoms in total. The number of halogens is 1. The van der Waals surface area contributed by atoms with Crippen molar-refractivity contribution >= 4 is 29.9 Å². The Hall–Kier alpha value is -0.120. The van der Waals surface area contributed by atoms with Gasteiger partial charge in [0.25, 0.3) is 0 Å².